The minimum Gasteiger partial charge on any atom is -0.506 e. The SMILES string of the molecule is O=C(O)[C@H](Cc1cc(I)c(Oc2cc(I)c(O)c(I)c2)c(I)c1)NC(=O)C(F)(F)F. The second kappa shape index (κ2) is 10.5. The molecule has 1 amide bonds. The number of carboxylic acids is 1. The monoisotopic (exact) mass is 873 g/mol. The molecular formula is C17H10F3I4NO5. The lowest BCUT2D eigenvalue weighted by Crippen LogP contribution is -2.47. The van der Waals surface area contributed by atoms with Gasteiger partial charge in [-0.25, -0.2) is 4.79 Å². The van der Waals surface area contributed by atoms with E-state index in [0.29, 0.717) is 31.3 Å². The Hall–Kier alpha value is -0.310. The van der Waals surface area contributed by atoms with Crippen molar-refractivity contribution in [3.05, 3.63) is 44.1 Å². The van der Waals surface area contributed by atoms with E-state index >= 15 is 0 Å². The molecule has 0 radical (unpaired) electrons. The number of benzene rings is 2. The van der Waals surface area contributed by atoms with Crippen LogP contribution in [0, 0.1) is 14.3 Å². The Balaban J connectivity index is 2.26. The van der Waals surface area contributed by atoms with Gasteiger partial charge in [0.1, 0.15) is 17.5 Å². The summed E-state index contributed by atoms with van der Waals surface area (Å²) in [4.78, 5) is 22.4. The minimum absolute atomic E-state index is 0.143. The molecule has 30 heavy (non-hydrogen) atoms. The smallest absolute Gasteiger partial charge is 0.471 e. The molecule has 0 aliphatic heterocycles. The van der Waals surface area contributed by atoms with Crippen LogP contribution in [0.2, 0.25) is 0 Å². The number of hydrogen-bond donors (Lipinski definition) is 3. The van der Waals surface area contributed by atoms with Gasteiger partial charge in [0, 0.05) is 6.42 Å². The molecule has 0 unspecified atom stereocenters. The highest BCUT2D eigenvalue weighted by atomic mass is 127. The number of rotatable bonds is 6. The van der Waals surface area contributed by atoms with Crippen molar-refractivity contribution in [1.82, 2.24) is 5.32 Å². The van der Waals surface area contributed by atoms with Crippen LogP contribution in [0.3, 0.4) is 0 Å². The zero-order valence-electron chi connectivity index (χ0n) is 14.4. The molecule has 13 heteroatoms. The molecule has 0 aliphatic rings. The van der Waals surface area contributed by atoms with E-state index in [2.05, 4.69) is 0 Å². The summed E-state index contributed by atoms with van der Waals surface area (Å²) >= 11 is 7.87. The molecule has 0 saturated heterocycles. The van der Waals surface area contributed by atoms with Gasteiger partial charge in [0.25, 0.3) is 0 Å². The number of aliphatic carboxylic acids is 1. The lowest BCUT2D eigenvalue weighted by Gasteiger charge is -2.17. The van der Waals surface area contributed by atoms with Gasteiger partial charge in [0.05, 0.1) is 14.3 Å². The van der Waals surface area contributed by atoms with Crippen molar-refractivity contribution in [3.8, 4) is 17.2 Å². The van der Waals surface area contributed by atoms with Gasteiger partial charge in [-0.2, -0.15) is 13.2 Å². The number of aromatic hydroxyl groups is 1. The third-order valence-corrected chi connectivity index (χ3v) is 6.82. The van der Waals surface area contributed by atoms with Gasteiger partial charge in [-0.15, -0.1) is 0 Å². The topological polar surface area (TPSA) is 95.9 Å². The van der Waals surface area contributed by atoms with E-state index < -0.39 is 24.1 Å². The molecule has 0 spiro atoms. The third-order valence-electron chi connectivity index (χ3n) is 3.57. The number of alkyl halides is 3. The number of carbonyl (C=O) groups excluding carboxylic acids is 1. The normalized spacial score (nSPS) is 12.4. The van der Waals surface area contributed by atoms with Crippen molar-refractivity contribution in [2.75, 3.05) is 0 Å². The summed E-state index contributed by atoms with van der Waals surface area (Å²) in [7, 11) is 0. The zero-order chi connectivity index (χ0) is 22.8. The predicted octanol–water partition coefficient (Wildman–Crippen LogP) is 5.28. The summed E-state index contributed by atoms with van der Waals surface area (Å²) in [6, 6.07) is 4.70. The van der Waals surface area contributed by atoms with Crippen molar-refractivity contribution < 1.29 is 37.7 Å². The number of phenolic OH excluding ortho intramolecular Hbond substituents is 1. The molecule has 0 heterocycles. The van der Waals surface area contributed by atoms with Gasteiger partial charge < -0.3 is 20.3 Å². The highest BCUT2D eigenvalue weighted by Crippen LogP contribution is 2.37. The molecule has 6 nitrogen and oxygen atoms in total. The number of hydrogen-bond acceptors (Lipinski definition) is 4. The molecule has 3 N–H and O–H groups in total. The summed E-state index contributed by atoms with van der Waals surface area (Å²) in [5.41, 5.74) is 0.417. The first kappa shape index (κ1) is 25.9. The van der Waals surface area contributed by atoms with Gasteiger partial charge >= 0.3 is 18.1 Å². The van der Waals surface area contributed by atoms with Gasteiger partial charge in [-0.3, -0.25) is 4.79 Å². The van der Waals surface area contributed by atoms with Gasteiger partial charge in [0.15, 0.2) is 5.75 Å². The average molecular weight is 873 g/mol. The second-order valence-corrected chi connectivity index (χ2v) is 10.4. The number of ether oxygens (including phenoxy) is 1. The molecule has 2 aromatic rings. The molecule has 0 fully saturated rings. The van der Waals surface area contributed by atoms with Gasteiger partial charge in [-0.1, -0.05) is 0 Å². The minimum atomic E-state index is -5.17. The summed E-state index contributed by atoms with van der Waals surface area (Å²) in [6.07, 6.45) is -5.51. The highest BCUT2D eigenvalue weighted by Gasteiger charge is 2.40. The number of halogens is 7. The molecule has 1 atom stereocenters. The lowest BCUT2D eigenvalue weighted by atomic mass is 10.1. The molecule has 0 saturated carbocycles. The maximum absolute atomic E-state index is 12.4. The van der Waals surface area contributed by atoms with E-state index in [9.17, 15) is 33.0 Å². The van der Waals surface area contributed by atoms with E-state index in [1.165, 1.54) is 5.32 Å². The molecule has 2 aromatic carbocycles. The summed E-state index contributed by atoms with van der Waals surface area (Å²) in [6.45, 7) is 0. The van der Waals surface area contributed by atoms with Crippen LogP contribution in [0.5, 0.6) is 17.2 Å². The van der Waals surface area contributed by atoms with Crippen LogP contribution >= 0.6 is 90.4 Å². The number of carbonyl (C=O) groups is 2. The quantitative estimate of drug-likeness (QED) is 0.344. The Labute approximate surface area is 222 Å². The third kappa shape index (κ3) is 6.84. The largest absolute Gasteiger partial charge is 0.506 e. The van der Waals surface area contributed by atoms with Crippen LogP contribution in [0.25, 0.3) is 0 Å². The first-order valence-corrected chi connectivity index (χ1v) is 12.1. The fourth-order valence-corrected chi connectivity index (χ4v) is 6.05. The van der Waals surface area contributed by atoms with E-state index in [-0.39, 0.29) is 12.2 Å². The summed E-state index contributed by atoms with van der Waals surface area (Å²) < 4.78 is 45.6. The highest BCUT2D eigenvalue weighted by molar-refractivity contribution is 14.1. The van der Waals surface area contributed by atoms with Crippen LogP contribution in [-0.2, 0) is 16.0 Å². The van der Waals surface area contributed by atoms with Crippen LogP contribution in [0.1, 0.15) is 5.56 Å². The van der Waals surface area contributed by atoms with Gasteiger partial charge in [-0.05, 0) is 120 Å². The molecular weight excluding hydrogens is 863 g/mol. The Morgan fingerprint density at radius 1 is 1.00 bits per heavy atom. The van der Waals surface area contributed by atoms with Crippen LogP contribution in [0.15, 0.2) is 24.3 Å². The summed E-state index contributed by atoms with van der Waals surface area (Å²) in [5.74, 6) is -2.79. The maximum Gasteiger partial charge on any atom is 0.471 e. The Bertz CT molecular complexity index is 954. The lowest BCUT2D eigenvalue weighted by molar-refractivity contribution is -0.175. The molecule has 0 bridgehead atoms. The van der Waals surface area contributed by atoms with Crippen molar-refractivity contribution in [3.63, 3.8) is 0 Å². The molecule has 0 aliphatic carbocycles. The first-order valence-electron chi connectivity index (χ1n) is 7.74. The molecule has 162 valence electrons. The maximum atomic E-state index is 12.4. The predicted molar refractivity (Wildman–Crippen MR) is 135 cm³/mol. The van der Waals surface area contributed by atoms with Crippen LogP contribution < -0.4 is 10.1 Å². The second-order valence-electron chi connectivity index (χ2n) is 5.79. The fraction of sp³-hybridized carbons (Fsp3) is 0.176. The van der Waals surface area contributed by atoms with Crippen LogP contribution in [-0.4, -0.2) is 34.3 Å². The van der Waals surface area contributed by atoms with Crippen molar-refractivity contribution in [2.24, 2.45) is 0 Å². The van der Waals surface area contributed by atoms with Crippen molar-refractivity contribution in [1.29, 1.82) is 0 Å². The standard InChI is InChI=1S/C17H10F3I4NO5/c18-17(19,20)16(29)25-12(15(27)28)3-6-1-10(23)14(11(24)2-6)30-7-4-8(21)13(26)9(22)5-7/h1-2,4-5,12,26H,3H2,(H,25,29)(H,27,28)/t12-/m0/s1. The summed E-state index contributed by atoms with van der Waals surface area (Å²) in [5, 5.41) is 20.5. The molecule has 0 aromatic heterocycles. The Kier molecular flexibility index (Phi) is 9.11. The Morgan fingerprint density at radius 2 is 1.50 bits per heavy atom. The van der Waals surface area contributed by atoms with E-state index in [1.54, 1.807) is 24.3 Å². The number of carboxylic acid groups (broad SMARTS) is 1. The first-order chi connectivity index (χ1) is 13.8. The fourth-order valence-electron chi connectivity index (χ4n) is 2.22. The number of phenols is 1. The zero-order valence-corrected chi connectivity index (χ0v) is 23.0. The van der Waals surface area contributed by atoms with E-state index in [1.807, 2.05) is 90.4 Å². The Morgan fingerprint density at radius 3 is 1.93 bits per heavy atom. The number of nitrogens with one attached hydrogen (secondary N) is 1. The van der Waals surface area contributed by atoms with Crippen LogP contribution in [0.4, 0.5) is 13.2 Å². The van der Waals surface area contributed by atoms with Gasteiger partial charge in [0.2, 0.25) is 0 Å². The van der Waals surface area contributed by atoms with E-state index in [4.69, 9.17) is 4.74 Å². The van der Waals surface area contributed by atoms with E-state index in [0.717, 1.165) is 0 Å². The average Bonchev–Trinajstić information content (AvgIpc) is 2.61. The van der Waals surface area contributed by atoms with Crippen molar-refractivity contribution >= 4 is 102 Å². The van der Waals surface area contributed by atoms with Crippen molar-refractivity contribution in [2.45, 2.75) is 18.6 Å². The number of amides is 1. The molecule has 2 rings (SSSR count).